The second-order valence-electron chi connectivity index (χ2n) is 8.54. The molecule has 1 N–H and O–H groups in total. The number of aromatic nitrogens is 4. The van der Waals surface area contributed by atoms with Crippen molar-refractivity contribution in [3.05, 3.63) is 94.2 Å². The Balaban J connectivity index is 1.32. The van der Waals surface area contributed by atoms with Gasteiger partial charge in [0.25, 0.3) is 11.5 Å². The van der Waals surface area contributed by atoms with E-state index in [0.29, 0.717) is 17.3 Å². The molecule has 2 heterocycles. The standard InChI is InChI=1S/C26H25N5O4/c1-17-24(25(33)31(29(17)2)20-11-7-4-8-12-20)27-23(32)16-35-26(34)22-15-21(18-13-14-18)28-30(22)19-9-5-3-6-10-19/h3-12,15,18H,13-14,16H2,1-2H3,(H,27,32). The van der Waals surface area contributed by atoms with Crippen molar-refractivity contribution >= 4 is 17.6 Å². The van der Waals surface area contributed by atoms with Crippen LogP contribution in [0.4, 0.5) is 5.69 Å². The van der Waals surface area contributed by atoms with Crippen LogP contribution in [0, 0.1) is 6.92 Å². The molecule has 0 saturated heterocycles. The lowest BCUT2D eigenvalue weighted by molar-refractivity contribution is -0.119. The topological polar surface area (TPSA) is 100 Å². The Bertz CT molecular complexity index is 1450. The molecule has 1 amide bonds. The summed E-state index contributed by atoms with van der Waals surface area (Å²) in [5.41, 5.74) is 2.86. The predicted molar refractivity (Wildman–Crippen MR) is 130 cm³/mol. The molecule has 2 aromatic carbocycles. The van der Waals surface area contributed by atoms with Crippen LogP contribution in [-0.4, -0.2) is 37.6 Å². The summed E-state index contributed by atoms with van der Waals surface area (Å²) in [5.74, 6) is -0.907. The predicted octanol–water partition coefficient (Wildman–Crippen LogP) is 3.34. The lowest BCUT2D eigenvalue weighted by atomic mass is 10.2. The molecular weight excluding hydrogens is 446 g/mol. The number of nitrogens with one attached hydrogen (secondary N) is 1. The zero-order chi connectivity index (χ0) is 24.5. The summed E-state index contributed by atoms with van der Waals surface area (Å²) >= 11 is 0. The minimum atomic E-state index is -0.658. The molecule has 4 aromatic rings. The third-order valence-corrected chi connectivity index (χ3v) is 6.09. The van der Waals surface area contributed by atoms with E-state index in [9.17, 15) is 14.4 Å². The maximum Gasteiger partial charge on any atom is 0.357 e. The summed E-state index contributed by atoms with van der Waals surface area (Å²) in [6.07, 6.45) is 2.08. The van der Waals surface area contributed by atoms with Crippen molar-refractivity contribution in [3.63, 3.8) is 0 Å². The molecule has 0 unspecified atom stereocenters. The molecule has 1 fully saturated rings. The van der Waals surface area contributed by atoms with Gasteiger partial charge in [0.1, 0.15) is 5.69 Å². The van der Waals surface area contributed by atoms with Crippen molar-refractivity contribution in [2.45, 2.75) is 25.7 Å². The highest BCUT2D eigenvalue weighted by Crippen LogP contribution is 2.39. The number of benzene rings is 2. The highest BCUT2D eigenvalue weighted by atomic mass is 16.5. The number of esters is 1. The van der Waals surface area contributed by atoms with Crippen LogP contribution >= 0.6 is 0 Å². The first kappa shape index (κ1) is 22.4. The van der Waals surface area contributed by atoms with Gasteiger partial charge in [0, 0.05) is 13.0 Å². The summed E-state index contributed by atoms with van der Waals surface area (Å²) in [5, 5.41) is 7.19. The molecule has 0 bridgehead atoms. The Morgan fingerprint density at radius 1 is 1.03 bits per heavy atom. The number of carbonyl (C=O) groups is 2. The van der Waals surface area contributed by atoms with Crippen LogP contribution in [0.5, 0.6) is 0 Å². The molecule has 0 spiro atoms. The molecular formula is C26H25N5O4. The summed E-state index contributed by atoms with van der Waals surface area (Å²) in [6.45, 7) is 1.21. The van der Waals surface area contributed by atoms with E-state index in [1.54, 1.807) is 41.5 Å². The summed E-state index contributed by atoms with van der Waals surface area (Å²) in [7, 11) is 1.74. The number of rotatable bonds is 7. The van der Waals surface area contributed by atoms with Crippen LogP contribution in [0.2, 0.25) is 0 Å². The van der Waals surface area contributed by atoms with Crippen LogP contribution in [0.15, 0.2) is 71.5 Å². The lowest BCUT2D eigenvalue weighted by Crippen LogP contribution is -2.26. The fourth-order valence-corrected chi connectivity index (χ4v) is 3.98. The number of carbonyl (C=O) groups excluding carboxylic acids is 2. The molecule has 9 heteroatoms. The van der Waals surface area contributed by atoms with Gasteiger partial charge in [-0.05, 0) is 50.1 Å². The first-order valence-electron chi connectivity index (χ1n) is 11.4. The normalized spacial score (nSPS) is 13.0. The number of para-hydroxylation sites is 2. The largest absolute Gasteiger partial charge is 0.451 e. The molecule has 5 rings (SSSR count). The summed E-state index contributed by atoms with van der Waals surface area (Å²) < 4.78 is 9.99. The number of anilines is 1. The van der Waals surface area contributed by atoms with Gasteiger partial charge in [-0.2, -0.15) is 5.10 Å². The van der Waals surface area contributed by atoms with Crippen LogP contribution in [0.25, 0.3) is 11.4 Å². The second-order valence-corrected chi connectivity index (χ2v) is 8.54. The highest BCUT2D eigenvalue weighted by molar-refractivity contribution is 5.95. The van der Waals surface area contributed by atoms with Crippen molar-refractivity contribution in [2.24, 2.45) is 7.05 Å². The molecule has 1 aliphatic carbocycles. The van der Waals surface area contributed by atoms with Crippen molar-refractivity contribution in [2.75, 3.05) is 11.9 Å². The van der Waals surface area contributed by atoms with E-state index in [1.807, 2.05) is 48.5 Å². The highest BCUT2D eigenvalue weighted by Gasteiger charge is 2.29. The number of hydrogen-bond acceptors (Lipinski definition) is 5. The number of amides is 1. The fraction of sp³-hybridized carbons (Fsp3) is 0.231. The lowest BCUT2D eigenvalue weighted by Gasteiger charge is -2.08. The first-order chi connectivity index (χ1) is 16.9. The van der Waals surface area contributed by atoms with Crippen LogP contribution in [-0.2, 0) is 16.6 Å². The Morgan fingerprint density at radius 2 is 1.66 bits per heavy atom. The van der Waals surface area contributed by atoms with Crippen molar-refractivity contribution in [1.82, 2.24) is 19.1 Å². The average molecular weight is 472 g/mol. The molecule has 0 aliphatic heterocycles. The monoisotopic (exact) mass is 471 g/mol. The van der Waals surface area contributed by atoms with Gasteiger partial charge in [0.2, 0.25) is 0 Å². The molecule has 35 heavy (non-hydrogen) atoms. The van der Waals surface area contributed by atoms with Crippen molar-refractivity contribution in [3.8, 4) is 11.4 Å². The maximum atomic E-state index is 13.0. The second kappa shape index (κ2) is 9.09. The minimum Gasteiger partial charge on any atom is -0.451 e. The molecule has 0 atom stereocenters. The molecule has 1 aliphatic rings. The van der Waals surface area contributed by atoms with Gasteiger partial charge in [-0.1, -0.05) is 36.4 Å². The smallest absolute Gasteiger partial charge is 0.357 e. The molecule has 0 radical (unpaired) electrons. The van der Waals surface area contributed by atoms with E-state index in [1.165, 1.54) is 4.68 Å². The van der Waals surface area contributed by atoms with Crippen molar-refractivity contribution in [1.29, 1.82) is 0 Å². The summed E-state index contributed by atoms with van der Waals surface area (Å²) in [6, 6.07) is 20.2. The molecule has 178 valence electrons. The van der Waals surface area contributed by atoms with Crippen molar-refractivity contribution < 1.29 is 14.3 Å². The SMILES string of the molecule is Cc1c(NC(=O)COC(=O)c2cc(C3CC3)nn2-c2ccccc2)c(=O)n(-c2ccccc2)n1C. The van der Waals surface area contributed by atoms with Gasteiger partial charge in [-0.15, -0.1) is 0 Å². The number of hydrogen-bond donors (Lipinski definition) is 1. The van der Waals surface area contributed by atoms with E-state index in [-0.39, 0.29) is 16.9 Å². The van der Waals surface area contributed by atoms with Gasteiger partial charge >= 0.3 is 5.97 Å². The Hall–Kier alpha value is -4.40. The quantitative estimate of drug-likeness (QED) is 0.417. The van der Waals surface area contributed by atoms with Crippen LogP contribution in [0.3, 0.4) is 0 Å². The average Bonchev–Trinajstić information content (AvgIpc) is 3.60. The molecule has 1 saturated carbocycles. The Labute approximate surface area is 201 Å². The van der Waals surface area contributed by atoms with Gasteiger partial charge in [0.05, 0.1) is 22.8 Å². The van der Waals surface area contributed by atoms with Gasteiger partial charge in [-0.25, -0.2) is 14.2 Å². The van der Waals surface area contributed by atoms with E-state index in [4.69, 9.17) is 4.74 Å². The summed E-state index contributed by atoms with van der Waals surface area (Å²) in [4.78, 5) is 38.5. The van der Waals surface area contributed by atoms with E-state index in [0.717, 1.165) is 24.2 Å². The molecule has 9 nitrogen and oxygen atoms in total. The maximum absolute atomic E-state index is 13.0. The van der Waals surface area contributed by atoms with E-state index in [2.05, 4.69) is 10.4 Å². The third-order valence-electron chi connectivity index (χ3n) is 6.09. The number of nitrogens with zero attached hydrogens (tertiary/aromatic N) is 4. The Kier molecular flexibility index (Phi) is 5.82. The Morgan fingerprint density at radius 3 is 2.29 bits per heavy atom. The van der Waals surface area contributed by atoms with Crippen LogP contribution < -0.4 is 10.9 Å². The zero-order valence-corrected chi connectivity index (χ0v) is 19.5. The third kappa shape index (κ3) is 4.40. The number of ether oxygens (including phenoxy) is 1. The fourth-order valence-electron chi connectivity index (χ4n) is 3.98. The minimum absolute atomic E-state index is 0.141. The van der Waals surface area contributed by atoms with E-state index >= 15 is 0 Å². The first-order valence-corrected chi connectivity index (χ1v) is 11.4. The van der Waals surface area contributed by atoms with Gasteiger partial charge < -0.3 is 10.1 Å². The zero-order valence-electron chi connectivity index (χ0n) is 19.5. The molecule has 2 aromatic heterocycles. The van der Waals surface area contributed by atoms with Gasteiger partial charge in [-0.3, -0.25) is 14.3 Å². The van der Waals surface area contributed by atoms with Crippen LogP contribution in [0.1, 0.15) is 40.6 Å². The van der Waals surface area contributed by atoms with E-state index < -0.39 is 18.5 Å². The van der Waals surface area contributed by atoms with Gasteiger partial charge in [0.15, 0.2) is 12.3 Å².